The number of fused-ring (bicyclic) bond motifs is 1. The Morgan fingerprint density at radius 2 is 2.32 bits per heavy atom. The minimum absolute atomic E-state index is 0.0467. The van der Waals surface area contributed by atoms with Crippen LogP contribution in [-0.2, 0) is 12.4 Å². The SMILES string of the molecule is O=c1[nH]c(Cn2c(CCl)nc3cc(Br)ccc32)cs1. The number of alkyl halides is 1. The summed E-state index contributed by atoms with van der Waals surface area (Å²) < 4.78 is 3.00. The third kappa shape index (κ3) is 2.48. The average molecular weight is 359 g/mol. The van der Waals surface area contributed by atoms with E-state index in [2.05, 4.69) is 25.9 Å². The van der Waals surface area contributed by atoms with Crippen molar-refractivity contribution in [3.8, 4) is 0 Å². The molecule has 3 aromatic rings. The van der Waals surface area contributed by atoms with Crippen LogP contribution in [-0.4, -0.2) is 14.5 Å². The molecule has 0 unspecified atom stereocenters. The predicted octanol–water partition coefficient (Wildman–Crippen LogP) is 3.34. The van der Waals surface area contributed by atoms with Gasteiger partial charge in [0.2, 0.25) is 0 Å². The first-order valence-electron chi connectivity index (χ1n) is 5.54. The Kier molecular flexibility index (Phi) is 3.47. The number of H-pyrrole nitrogens is 1. The molecule has 0 spiro atoms. The summed E-state index contributed by atoms with van der Waals surface area (Å²) in [5, 5.41) is 1.82. The minimum Gasteiger partial charge on any atom is -0.321 e. The first-order chi connectivity index (χ1) is 9.17. The summed E-state index contributed by atoms with van der Waals surface area (Å²) in [4.78, 5) is 18.5. The summed E-state index contributed by atoms with van der Waals surface area (Å²) in [6, 6.07) is 5.92. The van der Waals surface area contributed by atoms with Gasteiger partial charge >= 0.3 is 4.87 Å². The largest absolute Gasteiger partial charge is 0.321 e. The van der Waals surface area contributed by atoms with Crippen molar-refractivity contribution in [1.29, 1.82) is 0 Å². The van der Waals surface area contributed by atoms with Gasteiger partial charge in [-0.15, -0.1) is 11.6 Å². The number of rotatable bonds is 3. The van der Waals surface area contributed by atoms with E-state index in [0.717, 1.165) is 38.4 Å². The fraction of sp³-hybridized carbons (Fsp3) is 0.167. The van der Waals surface area contributed by atoms with Crippen LogP contribution >= 0.6 is 38.9 Å². The molecule has 3 rings (SSSR count). The van der Waals surface area contributed by atoms with Crippen molar-refractivity contribution < 1.29 is 0 Å². The van der Waals surface area contributed by atoms with Crippen molar-refractivity contribution >= 4 is 49.9 Å². The van der Waals surface area contributed by atoms with E-state index >= 15 is 0 Å². The van der Waals surface area contributed by atoms with Crippen LogP contribution in [0.15, 0.2) is 32.8 Å². The van der Waals surface area contributed by atoms with Crippen molar-refractivity contribution in [3.63, 3.8) is 0 Å². The molecule has 0 bridgehead atoms. The third-order valence-electron chi connectivity index (χ3n) is 2.81. The van der Waals surface area contributed by atoms with E-state index in [4.69, 9.17) is 11.6 Å². The summed E-state index contributed by atoms with van der Waals surface area (Å²) in [6.07, 6.45) is 0. The standard InChI is InChI=1S/C12H9BrClN3OS/c13-7-1-2-10-9(3-7)16-11(4-14)17(10)5-8-6-19-12(18)15-8/h1-3,6H,4-5H2,(H,15,18). The average Bonchev–Trinajstić information content (AvgIpc) is 2.94. The topological polar surface area (TPSA) is 50.7 Å². The van der Waals surface area contributed by atoms with Crippen LogP contribution in [0.25, 0.3) is 11.0 Å². The van der Waals surface area contributed by atoms with E-state index in [1.54, 1.807) is 0 Å². The molecule has 0 amide bonds. The number of halogens is 2. The predicted molar refractivity (Wildman–Crippen MR) is 81.0 cm³/mol. The highest BCUT2D eigenvalue weighted by Crippen LogP contribution is 2.22. The van der Waals surface area contributed by atoms with Gasteiger partial charge in [-0.2, -0.15) is 0 Å². The Labute approximate surface area is 126 Å². The number of hydrogen-bond acceptors (Lipinski definition) is 3. The molecular formula is C12H9BrClN3OS. The number of hydrogen-bond donors (Lipinski definition) is 1. The highest BCUT2D eigenvalue weighted by atomic mass is 79.9. The van der Waals surface area contributed by atoms with E-state index in [1.165, 1.54) is 0 Å². The molecule has 0 radical (unpaired) electrons. The van der Waals surface area contributed by atoms with Crippen LogP contribution in [0.4, 0.5) is 0 Å². The van der Waals surface area contributed by atoms with Gasteiger partial charge in [0.25, 0.3) is 0 Å². The highest BCUT2D eigenvalue weighted by Gasteiger charge is 2.11. The Balaban J connectivity index is 2.12. The van der Waals surface area contributed by atoms with E-state index < -0.39 is 0 Å². The maximum atomic E-state index is 11.2. The molecule has 1 aromatic carbocycles. The van der Waals surface area contributed by atoms with Crippen LogP contribution in [0.2, 0.25) is 0 Å². The molecule has 0 atom stereocenters. The minimum atomic E-state index is -0.0467. The fourth-order valence-electron chi connectivity index (χ4n) is 1.99. The van der Waals surface area contributed by atoms with Gasteiger partial charge in [-0.05, 0) is 18.2 Å². The van der Waals surface area contributed by atoms with Gasteiger partial charge in [-0.1, -0.05) is 27.3 Å². The van der Waals surface area contributed by atoms with Gasteiger partial charge in [0.05, 0.1) is 23.5 Å². The van der Waals surface area contributed by atoms with Crippen molar-refractivity contribution in [2.45, 2.75) is 12.4 Å². The van der Waals surface area contributed by atoms with Gasteiger partial charge in [0, 0.05) is 15.5 Å². The number of imidazole rings is 1. The number of thiazole rings is 1. The maximum Gasteiger partial charge on any atom is 0.304 e. The second-order valence-corrected chi connectivity index (χ2v) is 6.08. The molecule has 7 heteroatoms. The zero-order valence-electron chi connectivity index (χ0n) is 9.69. The number of nitrogens with zero attached hydrogens (tertiary/aromatic N) is 2. The smallest absolute Gasteiger partial charge is 0.304 e. The molecule has 98 valence electrons. The lowest BCUT2D eigenvalue weighted by atomic mass is 10.3. The lowest BCUT2D eigenvalue weighted by Gasteiger charge is -2.05. The Hall–Kier alpha value is -1.11. The Morgan fingerprint density at radius 1 is 1.47 bits per heavy atom. The molecule has 2 aromatic heterocycles. The Bertz CT molecular complexity index is 792. The molecule has 0 saturated carbocycles. The van der Waals surface area contributed by atoms with Crippen molar-refractivity contribution in [1.82, 2.24) is 14.5 Å². The van der Waals surface area contributed by atoms with Gasteiger partial charge < -0.3 is 9.55 Å². The number of aromatic nitrogens is 3. The van der Waals surface area contributed by atoms with Crippen LogP contribution in [0.3, 0.4) is 0 Å². The lowest BCUT2D eigenvalue weighted by Crippen LogP contribution is -2.06. The first kappa shape index (κ1) is 12.9. The van der Waals surface area contributed by atoms with E-state index in [1.807, 2.05) is 28.1 Å². The zero-order valence-corrected chi connectivity index (χ0v) is 12.8. The summed E-state index contributed by atoms with van der Waals surface area (Å²) in [7, 11) is 0. The second-order valence-electron chi connectivity index (χ2n) is 4.05. The second kappa shape index (κ2) is 5.11. The van der Waals surface area contributed by atoms with Crippen molar-refractivity contribution in [3.05, 3.63) is 49.2 Å². The number of aromatic amines is 1. The molecule has 0 aliphatic carbocycles. The first-order valence-corrected chi connectivity index (χ1v) is 7.75. The van der Waals surface area contributed by atoms with Crippen LogP contribution < -0.4 is 4.87 Å². The summed E-state index contributed by atoms with van der Waals surface area (Å²) in [6.45, 7) is 0.568. The summed E-state index contributed by atoms with van der Waals surface area (Å²) in [5.41, 5.74) is 2.76. The monoisotopic (exact) mass is 357 g/mol. The summed E-state index contributed by atoms with van der Waals surface area (Å²) in [5.74, 6) is 1.13. The third-order valence-corrected chi connectivity index (χ3v) is 4.26. The van der Waals surface area contributed by atoms with Crippen LogP contribution in [0, 0.1) is 0 Å². The normalized spacial score (nSPS) is 11.3. The van der Waals surface area contributed by atoms with E-state index in [9.17, 15) is 4.79 Å². The van der Waals surface area contributed by atoms with Gasteiger partial charge in [-0.3, -0.25) is 4.79 Å². The molecule has 2 heterocycles. The van der Waals surface area contributed by atoms with Crippen molar-refractivity contribution in [2.75, 3.05) is 0 Å². The van der Waals surface area contributed by atoms with Crippen LogP contribution in [0.5, 0.6) is 0 Å². The van der Waals surface area contributed by atoms with E-state index in [-0.39, 0.29) is 4.87 Å². The molecule has 0 aliphatic heterocycles. The number of benzene rings is 1. The molecule has 0 saturated heterocycles. The van der Waals surface area contributed by atoms with Gasteiger partial charge in [-0.25, -0.2) is 4.98 Å². The maximum absolute atomic E-state index is 11.2. The molecule has 1 N–H and O–H groups in total. The number of nitrogens with one attached hydrogen (secondary N) is 1. The Morgan fingerprint density at radius 3 is 3.00 bits per heavy atom. The summed E-state index contributed by atoms with van der Waals surface area (Å²) >= 11 is 10.5. The molecule has 4 nitrogen and oxygen atoms in total. The lowest BCUT2D eigenvalue weighted by molar-refractivity contribution is 0.761. The zero-order chi connectivity index (χ0) is 13.4. The van der Waals surface area contributed by atoms with Gasteiger partial charge in [0.15, 0.2) is 0 Å². The van der Waals surface area contributed by atoms with Gasteiger partial charge in [0.1, 0.15) is 5.82 Å². The molecule has 19 heavy (non-hydrogen) atoms. The molecule has 0 fully saturated rings. The quantitative estimate of drug-likeness (QED) is 0.730. The van der Waals surface area contributed by atoms with Crippen molar-refractivity contribution in [2.24, 2.45) is 0 Å². The highest BCUT2D eigenvalue weighted by molar-refractivity contribution is 9.10. The van der Waals surface area contributed by atoms with Crippen LogP contribution in [0.1, 0.15) is 11.5 Å². The molecule has 0 aliphatic rings. The van der Waals surface area contributed by atoms with E-state index in [0.29, 0.717) is 12.4 Å². The molecular weight excluding hydrogens is 350 g/mol. The fourth-order valence-corrected chi connectivity index (χ4v) is 3.12.